The average molecular weight is 512 g/mol. The first kappa shape index (κ1) is 26.8. The van der Waals surface area contributed by atoms with E-state index in [4.69, 9.17) is 17.0 Å². The fraction of sp³-hybridized carbons (Fsp3) is 0.476. The van der Waals surface area contributed by atoms with E-state index in [9.17, 15) is 14.4 Å². The molecule has 12 heteroatoms. The molecule has 3 amide bonds. The van der Waals surface area contributed by atoms with Crippen LogP contribution < -0.4 is 16.0 Å². The van der Waals surface area contributed by atoms with Crippen molar-refractivity contribution in [1.82, 2.24) is 20.8 Å². The molecular formula is C21H29N5O4S3. The molecule has 0 spiro atoms. The molecule has 2 unspecified atom stereocenters. The molecule has 0 aliphatic heterocycles. The average Bonchev–Trinajstić information content (AvgIpc) is 3.19. The van der Waals surface area contributed by atoms with Crippen molar-refractivity contribution in [2.24, 2.45) is 5.92 Å². The monoisotopic (exact) mass is 511 g/mol. The number of alkyl carbamates (subject to hydrolysis) is 1. The molecule has 33 heavy (non-hydrogen) atoms. The van der Waals surface area contributed by atoms with Crippen LogP contribution in [-0.2, 0) is 20.9 Å². The van der Waals surface area contributed by atoms with Crippen LogP contribution in [0.25, 0.3) is 0 Å². The highest BCUT2D eigenvalue weighted by Gasteiger charge is 2.28. The van der Waals surface area contributed by atoms with Crippen LogP contribution in [0.15, 0.2) is 30.3 Å². The van der Waals surface area contributed by atoms with Crippen LogP contribution in [-0.4, -0.2) is 52.2 Å². The predicted molar refractivity (Wildman–Crippen MR) is 134 cm³/mol. The summed E-state index contributed by atoms with van der Waals surface area (Å²) in [6.45, 7) is 3.98. The molecule has 0 fully saturated rings. The normalized spacial score (nSPS) is 12.6. The summed E-state index contributed by atoms with van der Waals surface area (Å²) >= 11 is 7.67. The first-order chi connectivity index (χ1) is 15.8. The van der Waals surface area contributed by atoms with Gasteiger partial charge in [-0.1, -0.05) is 55.5 Å². The fourth-order valence-electron chi connectivity index (χ4n) is 2.86. The summed E-state index contributed by atoms with van der Waals surface area (Å²) in [5, 5.41) is 14.9. The minimum Gasteiger partial charge on any atom is -0.445 e. The molecule has 4 N–H and O–H groups in total. The van der Waals surface area contributed by atoms with Gasteiger partial charge in [0.1, 0.15) is 18.7 Å². The van der Waals surface area contributed by atoms with Crippen molar-refractivity contribution in [2.75, 3.05) is 17.3 Å². The minimum atomic E-state index is -0.842. The molecule has 2 rings (SSSR count). The van der Waals surface area contributed by atoms with Gasteiger partial charge in [-0.3, -0.25) is 20.0 Å². The van der Waals surface area contributed by atoms with Gasteiger partial charge in [-0.2, -0.15) is 11.8 Å². The van der Waals surface area contributed by atoms with Gasteiger partial charge in [0, 0.05) is 0 Å². The van der Waals surface area contributed by atoms with Crippen molar-refractivity contribution in [3.63, 3.8) is 0 Å². The molecule has 0 bridgehead atoms. The van der Waals surface area contributed by atoms with E-state index in [0.717, 1.165) is 16.9 Å². The van der Waals surface area contributed by atoms with Crippen LogP contribution in [0.4, 0.5) is 9.93 Å². The maximum absolute atomic E-state index is 13.0. The van der Waals surface area contributed by atoms with Gasteiger partial charge >= 0.3 is 6.09 Å². The third kappa shape index (κ3) is 9.93. The van der Waals surface area contributed by atoms with Crippen LogP contribution in [0.3, 0.4) is 0 Å². The van der Waals surface area contributed by atoms with Crippen LogP contribution in [0.5, 0.6) is 0 Å². The number of H-pyrrole nitrogens is 1. The smallest absolute Gasteiger partial charge is 0.408 e. The number of carbonyl (C=O) groups excluding carboxylic acids is 3. The molecule has 0 radical (unpaired) electrons. The molecule has 1 heterocycles. The third-order valence-corrected chi connectivity index (χ3v) is 6.09. The zero-order valence-corrected chi connectivity index (χ0v) is 21.2. The van der Waals surface area contributed by atoms with E-state index < -0.39 is 30.0 Å². The number of benzene rings is 1. The van der Waals surface area contributed by atoms with Crippen LogP contribution in [0.1, 0.15) is 32.3 Å². The molecule has 180 valence electrons. The summed E-state index contributed by atoms with van der Waals surface area (Å²) in [6, 6.07) is 7.63. The Morgan fingerprint density at radius 2 is 1.88 bits per heavy atom. The minimum absolute atomic E-state index is 0.0944. The molecule has 9 nitrogen and oxygen atoms in total. The Balaban J connectivity index is 2.01. The highest BCUT2D eigenvalue weighted by molar-refractivity contribution is 7.98. The number of ether oxygens (including phenoxy) is 1. The highest BCUT2D eigenvalue weighted by atomic mass is 32.2. The van der Waals surface area contributed by atoms with Crippen molar-refractivity contribution in [3.8, 4) is 0 Å². The zero-order valence-electron chi connectivity index (χ0n) is 18.8. The Bertz CT molecular complexity index is 964. The van der Waals surface area contributed by atoms with Crippen molar-refractivity contribution in [3.05, 3.63) is 39.8 Å². The lowest BCUT2D eigenvalue weighted by molar-refractivity contribution is -0.128. The summed E-state index contributed by atoms with van der Waals surface area (Å²) in [6.07, 6.45) is 2.04. The Labute approximate surface area is 206 Å². The molecule has 0 saturated heterocycles. The molecule has 0 aliphatic carbocycles. The number of hydrogen-bond acceptors (Lipinski definition) is 8. The van der Waals surface area contributed by atoms with E-state index in [1.165, 1.54) is 0 Å². The second kappa shape index (κ2) is 14.0. The van der Waals surface area contributed by atoms with Gasteiger partial charge in [-0.15, -0.1) is 5.10 Å². The van der Waals surface area contributed by atoms with Crippen LogP contribution >= 0.6 is 35.3 Å². The number of anilines is 1. The van der Waals surface area contributed by atoms with E-state index in [2.05, 4.69) is 26.1 Å². The Kier molecular flexibility index (Phi) is 11.3. The third-order valence-electron chi connectivity index (χ3n) is 4.44. The molecule has 2 aromatic rings. The second-order valence-corrected chi connectivity index (χ2v) is 10.3. The molecule has 2 atom stereocenters. The largest absolute Gasteiger partial charge is 0.445 e. The summed E-state index contributed by atoms with van der Waals surface area (Å²) in [4.78, 5) is 38.1. The maximum Gasteiger partial charge on any atom is 0.408 e. The Morgan fingerprint density at radius 3 is 2.48 bits per heavy atom. The van der Waals surface area contributed by atoms with E-state index in [1.807, 2.05) is 50.4 Å². The topological polar surface area (TPSA) is 125 Å². The number of aromatic nitrogens is 2. The van der Waals surface area contributed by atoms with Gasteiger partial charge < -0.3 is 15.4 Å². The first-order valence-electron chi connectivity index (χ1n) is 10.4. The summed E-state index contributed by atoms with van der Waals surface area (Å²) < 4.78 is 5.69. The van der Waals surface area contributed by atoms with Crippen molar-refractivity contribution >= 4 is 58.4 Å². The van der Waals surface area contributed by atoms with Crippen LogP contribution in [0, 0.1) is 9.87 Å². The van der Waals surface area contributed by atoms with E-state index >= 15 is 0 Å². The highest BCUT2D eigenvalue weighted by Crippen LogP contribution is 2.13. The van der Waals surface area contributed by atoms with Gasteiger partial charge in [-0.05, 0) is 48.5 Å². The first-order valence-corrected chi connectivity index (χ1v) is 13.0. The number of rotatable bonds is 12. The van der Waals surface area contributed by atoms with E-state index in [1.54, 1.807) is 11.8 Å². The molecule has 0 saturated carbocycles. The number of nitrogens with one attached hydrogen (secondary N) is 4. The predicted octanol–water partition coefficient (Wildman–Crippen LogP) is 3.72. The number of aromatic amines is 1. The standard InChI is InChI=1S/C21H29N5O4S3/c1-13(2)11-16(23-20(29)30-12-14-7-5-4-6-8-14)18(28)22-15(9-10-32-3)17(27)24-19-25-26-21(31)33-19/h4-8,13,15-16H,9-12H2,1-3H3,(H,22,28)(H,23,29)(H,26,31)(H,24,25,27). The number of hydrogen-bond donors (Lipinski definition) is 4. The number of carbonyl (C=O) groups is 3. The summed E-state index contributed by atoms with van der Waals surface area (Å²) in [7, 11) is 0. The quantitative estimate of drug-likeness (QED) is 0.320. The van der Waals surface area contributed by atoms with Crippen molar-refractivity contribution < 1.29 is 19.1 Å². The Morgan fingerprint density at radius 1 is 1.15 bits per heavy atom. The van der Waals surface area contributed by atoms with Gasteiger partial charge in [0.05, 0.1) is 0 Å². The Hall–Kier alpha value is -2.44. The number of thioether (sulfide) groups is 1. The zero-order chi connectivity index (χ0) is 24.2. The second-order valence-electron chi connectivity index (χ2n) is 7.64. The van der Waals surface area contributed by atoms with Crippen molar-refractivity contribution in [2.45, 2.75) is 45.4 Å². The molecule has 1 aromatic carbocycles. The lowest BCUT2D eigenvalue weighted by atomic mass is 10.0. The summed E-state index contributed by atoms with van der Waals surface area (Å²) in [5.74, 6) is -0.0536. The van der Waals surface area contributed by atoms with Crippen LogP contribution in [0.2, 0.25) is 0 Å². The van der Waals surface area contributed by atoms with Gasteiger partial charge in [0.25, 0.3) is 0 Å². The number of amides is 3. The molecule has 0 aliphatic rings. The lowest BCUT2D eigenvalue weighted by Gasteiger charge is -2.23. The van der Waals surface area contributed by atoms with E-state index in [0.29, 0.717) is 27.7 Å². The lowest BCUT2D eigenvalue weighted by Crippen LogP contribution is -2.53. The molecule has 1 aromatic heterocycles. The SMILES string of the molecule is CSCCC(NC(=O)C(CC(C)C)NC(=O)OCc1ccccc1)C(=O)Nc1n[nH]c(=S)s1. The maximum atomic E-state index is 13.0. The number of nitrogens with zero attached hydrogens (tertiary/aromatic N) is 1. The van der Waals surface area contributed by atoms with Gasteiger partial charge in [0.2, 0.25) is 16.9 Å². The fourth-order valence-corrected chi connectivity index (χ4v) is 4.13. The van der Waals surface area contributed by atoms with Gasteiger partial charge in [0.15, 0.2) is 3.95 Å². The summed E-state index contributed by atoms with van der Waals surface area (Å²) in [5.41, 5.74) is 0.841. The van der Waals surface area contributed by atoms with E-state index in [-0.39, 0.29) is 12.5 Å². The molecular weight excluding hydrogens is 482 g/mol. The van der Waals surface area contributed by atoms with Crippen molar-refractivity contribution in [1.29, 1.82) is 0 Å². The van der Waals surface area contributed by atoms with Gasteiger partial charge in [-0.25, -0.2) is 4.79 Å².